The lowest BCUT2D eigenvalue weighted by Crippen LogP contribution is -2.28. The topological polar surface area (TPSA) is 49.7 Å². The zero-order valence-corrected chi connectivity index (χ0v) is 16.0. The molecule has 0 saturated carbocycles. The van der Waals surface area contributed by atoms with Crippen LogP contribution in [-0.4, -0.2) is 17.3 Å². The van der Waals surface area contributed by atoms with Crippen molar-refractivity contribution >= 4 is 0 Å². The maximum atomic E-state index is 10.1. The Kier molecular flexibility index (Phi) is 3.87. The molecule has 0 heterocycles. The van der Waals surface area contributed by atoms with Gasteiger partial charge in [-0.3, -0.25) is 0 Å². The monoisotopic (exact) mass is 372 g/mol. The molecule has 0 bridgehead atoms. The summed E-state index contributed by atoms with van der Waals surface area (Å²) in [4.78, 5) is 0. The van der Waals surface area contributed by atoms with Gasteiger partial charge in [0.05, 0.1) is 7.11 Å². The Morgan fingerprint density at radius 1 is 0.821 bits per heavy atom. The minimum Gasteiger partial charge on any atom is -0.508 e. The van der Waals surface area contributed by atoms with E-state index in [1.54, 1.807) is 19.2 Å². The van der Waals surface area contributed by atoms with Crippen LogP contribution in [0.15, 0.2) is 60.7 Å². The van der Waals surface area contributed by atoms with Crippen LogP contribution in [0.3, 0.4) is 0 Å². The summed E-state index contributed by atoms with van der Waals surface area (Å²) < 4.78 is 5.30. The summed E-state index contributed by atoms with van der Waals surface area (Å²) in [6, 6.07) is 19.9. The minimum atomic E-state index is 0.103. The Balaban J connectivity index is 1.55. The molecule has 0 radical (unpaired) electrons. The first-order valence-corrected chi connectivity index (χ1v) is 9.82. The van der Waals surface area contributed by atoms with Crippen LogP contribution in [0.25, 0.3) is 0 Å². The molecule has 2 aliphatic rings. The summed E-state index contributed by atoms with van der Waals surface area (Å²) in [5.74, 6) is 1.88. The van der Waals surface area contributed by atoms with Gasteiger partial charge in [0, 0.05) is 0 Å². The molecule has 0 saturated heterocycles. The molecule has 2 unspecified atom stereocenters. The number of ether oxygens (including phenoxy) is 1. The van der Waals surface area contributed by atoms with Gasteiger partial charge in [0.2, 0.25) is 0 Å². The van der Waals surface area contributed by atoms with E-state index in [1.807, 2.05) is 24.3 Å². The lowest BCUT2D eigenvalue weighted by Gasteiger charge is -2.32. The smallest absolute Gasteiger partial charge is 0.118 e. The standard InChI is InChI=1S/C25H24O3/c1-28-22-8-2-16(3-9-22)10-24-23-12-21(27)7-5-18(23)14-25(24)13-17-4-6-20(26)11-19(17)15-25/h2-9,11-12,24,26-27H,10,13-15H2,1H3. The molecular formula is C25H24O3. The highest BCUT2D eigenvalue weighted by molar-refractivity contribution is 5.49. The zero-order valence-electron chi connectivity index (χ0n) is 16.0. The molecule has 1 spiro atoms. The molecule has 0 amide bonds. The summed E-state index contributed by atoms with van der Waals surface area (Å²) in [7, 11) is 1.69. The van der Waals surface area contributed by atoms with Crippen molar-refractivity contribution in [2.75, 3.05) is 7.11 Å². The van der Waals surface area contributed by atoms with E-state index in [2.05, 4.69) is 24.3 Å². The average Bonchev–Trinajstić information content (AvgIpc) is 3.19. The number of benzene rings is 3. The fourth-order valence-electron chi connectivity index (χ4n) is 5.37. The van der Waals surface area contributed by atoms with Crippen LogP contribution in [-0.2, 0) is 25.7 Å². The van der Waals surface area contributed by atoms with Crippen LogP contribution in [0.4, 0.5) is 0 Å². The SMILES string of the molecule is COc1ccc(CC2c3cc(O)ccc3CC23Cc2ccc(O)cc2C3)cc1. The molecule has 2 atom stereocenters. The van der Waals surface area contributed by atoms with Gasteiger partial charge in [0.1, 0.15) is 17.2 Å². The van der Waals surface area contributed by atoms with Crippen molar-refractivity contribution in [2.45, 2.75) is 31.6 Å². The number of fused-ring (bicyclic) bond motifs is 2. The Hall–Kier alpha value is -2.94. The Bertz CT molecular complexity index is 1030. The van der Waals surface area contributed by atoms with Crippen molar-refractivity contribution in [2.24, 2.45) is 5.41 Å². The van der Waals surface area contributed by atoms with Crippen LogP contribution in [0, 0.1) is 5.41 Å². The fraction of sp³-hybridized carbons (Fsp3) is 0.280. The quantitative estimate of drug-likeness (QED) is 0.696. The molecule has 0 aliphatic heterocycles. The zero-order chi connectivity index (χ0) is 19.3. The number of hydrogen-bond acceptors (Lipinski definition) is 3. The first-order valence-electron chi connectivity index (χ1n) is 9.82. The van der Waals surface area contributed by atoms with E-state index < -0.39 is 0 Å². The molecular weight excluding hydrogens is 348 g/mol. The molecule has 2 N–H and O–H groups in total. The van der Waals surface area contributed by atoms with E-state index in [9.17, 15) is 10.2 Å². The van der Waals surface area contributed by atoms with Crippen molar-refractivity contribution < 1.29 is 14.9 Å². The van der Waals surface area contributed by atoms with Crippen molar-refractivity contribution in [3.8, 4) is 17.2 Å². The number of aromatic hydroxyl groups is 2. The van der Waals surface area contributed by atoms with E-state index in [1.165, 1.54) is 27.8 Å². The maximum absolute atomic E-state index is 10.1. The van der Waals surface area contributed by atoms with E-state index in [0.717, 1.165) is 31.4 Å². The van der Waals surface area contributed by atoms with E-state index in [0.29, 0.717) is 17.4 Å². The van der Waals surface area contributed by atoms with Gasteiger partial charge in [-0.1, -0.05) is 24.3 Å². The maximum Gasteiger partial charge on any atom is 0.118 e. The molecule has 28 heavy (non-hydrogen) atoms. The van der Waals surface area contributed by atoms with Crippen molar-refractivity contribution in [3.63, 3.8) is 0 Å². The van der Waals surface area contributed by atoms with Gasteiger partial charge in [-0.25, -0.2) is 0 Å². The molecule has 0 aromatic heterocycles. The van der Waals surface area contributed by atoms with Crippen molar-refractivity contribution in [1.82, 2.24) is 0 Å². The second-order valence-electron chi connectivity index (χ2n) is 8.33. The van der Waals surface area contributed by atoms with Crippen LogP contribution in [0.2, 0.25) is 0 Å². The highest BCUT2D eigenvalue weighted by atomic mass is 16.5. The number of methoxy groups -OCH3 is 1. The van der Waals surface area contributed by atoms with E-state index in [4.69, 9.17) is 4.74 Å². The lowest BCUT2D eigenvalue weighted by molar-refractivity contribution is 0.257. The van der Waals surface area contributed by atoms with Crippen molar-refractivity contribution in [1.29, 1.82) is 0 Å². The number of rotatable bonds is 3. The van der Waals surface area contributed by atoms with Gasteiger partial charge in [-0.05, 0) is 101 Å². The number of phenols is 2. The molecule has 2 aliphatic carbocycles. The van der Waals surface area contributed by atoms with Crippen LogP contribution in [0.1, 0.15) is 33.7 Å². The third kappa shape index (κ3) is 2.73. The fourth-order valence-corrected chi connectivity index (χ4v) is 5.37. The molecule has 3 aromatic rings. The summed E-state index contributed by atoms with van der Waals surface area (Å²) in [5.41, 5.74) is 6.60. The highest BCUT2D eigenvalue weighted by Gasteiger charge is 2.49. The average molecular weight is 372 g/mol. The Morgan fingerprint density at radius 2 is 1.46 bits per heavy atom. The third-order valence-electron chi connectivity index (χ3n) is 6.66. The van der Waals surface area contributed by atoms with Crippen LogP contribution >= 0.6 is 0 Å². The first-order chi connectivity index (χ1) is 13.6. The second kappa shape index (κ2) is 6.30. The van der Waals surface area contributed by atoms with Gasteiger partial charge < -0.3 is 14.9 Å². The minimum absolute atomic E-state index is 0.103. The number of phenolic OH excluding ortho intramolecular Hbond substituents is 2. The molecule has 3 aromatic carbocycles. The third-order valence-corrected chi connectivity index (χ3v) is 6.66. The predicted molar refractivity (Wildman–Crippen MR) is 109 cm³/mol. The number of hydrogen-bond donors (Lipinski definition) is 2. The van der Waals surface area contributed by atoms with Gasteiger partial charge in [-0.15, -0.1) is 0 Å². The molecule has 3 heteroatoms. The normalized spacial score (nSPS) is 22.2. The van der Waals surface area contributed by atoms with Gasteiger partial charge in [0.15, 0.2) is 0 Å². The van der Waals surface area contributed by atoms with Crippen LogP contribution in [0.5, 0.6) is 17.2 Å². The van der Waals surface area contributed by atoms with E-state index >= 15 is 0 Å². The highest BCUT2D eigenvalue weighted by Crippen LogP contribution is 2.56. The largest absolute Gasteiger partial charge is 0.508 e. The van der Waals surface area contributed by atoms with Gasteiger partial charge in [0.25, 0.3) is 0 Å². The predicted octanol–water partition coefficient (Wildman–Crippen LogP) is 4.77. The van der Waals surface area contributed by atoms with Gasteiger partial charge in [-0.2, -0.15) is 0 Å². The lowest BCUT2D eigenvalue weighted by atomic mass is 9.71. The Labute approximate surface area is 165 Å². The summed E-state index contributed by atoms with van der Waals surface area (Å²) in [6.45, 7) is 0. The Morgan fingerprint density at radius 3 is 2.21 bits per heavy atom. The molecule has 3 nitrogen and oxygen atoms in total. The van der Waals surface area contributed by atoms with E-state index in [-0.39, 0.29) is 5.41 Å². The van der Waals surface area contributed by atoms with Gasteiger partial charge >= 0.3 is 0 Å². The molecule has 5 rings (SSSR count). The molecule has 0 fully saturated rings. The summed E-state index contributed by atoms with van der Waals surface area (Å²) in [5, 5.41) is 20.1. The summed E-state index contributed by atoms with van der Waals surface area (Å²) >= 11 is 0. The summed E-state index contributed by atoms with van der Waals surface area (Å²) in [6.07, 6.45) is 3.92. The molecule has 142 valence electrons. The van der Waals surface area contributed by atoms with Crippen molar-refractivity contribution in [3.05, 3.63) is 88.5 Å². The van der Waals surface area contributed by atoms with Crippen LogP contribution < -0.4 is 4.74 Å². The first kappa shape index (κ1) is 17.2. The second-order valence-corrected chi connectivity index (χ2v) is 8.33.